The van der Waals surface area contributed by atoms with Gasteiger partial charge in [0.1, 0.15) is 11.5 Å². The summed E-state index contributed by atoms with van der Waals surface area (Å²) in [6, 6.07) is 20.7. The molecule has 0 spiro atoms. The molecule has 1 saturated heterocycles. The molecule has 5 rings (SSSR count). The Morgan fingerprint density at radius 3 is 2.41 bits per heavy atom. The molecule has 3 aromatic carbocycles. The summed E-state index contributed by atoms with van der Waals surface area (Å²) >= 11 is 0. The van der Waals surface area contributed by atoms with E-state index in [1.54, 1.807) is 24.3 Å². The maximum Gasteiger partial charge on any atom is 0.295 e. The monoisotopic (exact) mass is 452 g/mol. The summed E-state index contributed by atoms with van der Waals surface area (Å²) < 4.78 is 0. The minimum absolute atomic E-state index is 0.0541. The summed E-state index contributed by atoms with van der Waals surface area (Å²) in [6.45, 7) is 2.23. The van der Waals surface area contributed by atoms with Crippen LogP contribution in [0, 0.1) is 6.92 Å². The molecule has 0 bridgehead atoms. The van der Waals surface area contributed by atoms with Gasteiger partial charge in [0.2, 0.25) is 0 Å². The molecule has 0 saturated carbocycles. The van der Waals surface area contributed by atoms with Crippen LogP contribution in [0.1, 0.15) is 28.3 Å². The molecule has 2 heterocycles. The van der Waals surface area contributed by atoms with E-state index in [0.29, 0.717) is 24.1 Å². The van der Waals surface area contributed by atoms with Gasteiger partial charge in [-0.3, -0.25) is 9.59 Å². The fourth-order valence-corrected chi connectivity index (χ4v) is 4.56. The quantitative estimate of drug-likeness (QED) is 0.229. The smallest absolute Gasteiger partial charge is 0.295 e. The Hall–Kier alpha value is -4.32. The first-order valence-corrected chi connectivity index (χ1v) is 11.1. The van der Waals surface area contributed by atoms with Gasteiger partial charge in [-0.2, -0.15) is 0 Å². The van der Waals surface area contributed by atoms with Crippen molar-refractivity contribution in [2.75, 3.05) is 6.54 Å². The number of Topliss-reactive ketones (excluding diaryl/α,β-unsaturated/α-hetero) is 1. The number of ketones is 1. The van der Waals surface area contributed by atoms with E-state index in [9.17, 15) is 19.8 Å². The molecule has 0 aliphatic carbocycles. The van der Waals surface area contributed by atoms with Gasteiger partial charge in [-0.1, -0.05) is 60.2 Å². The third kappa shape index (κ3) is 3.73. The van der Waals surface area contributed by atoms with E-state index in [2.05, 4.69) is 4.98 Å². The number of aromatic hydroxyl groups is 1. The van der Waals surface area contributed by atoms with Gasteiger partial charge in [-0.25, -0.2) is 0 Å². The van der Waals surface area contributed by atoms with Crippen LogP contribution in [0.15, 0.2) is 84.6 Å². The Morgan fingerprint density at radius 2 is 1.68 bits per heavy atom. The van der Waals surface area contributed by atoms with Gasteiger partial charge in [0, 0.05) is 29.2 Å². The molecule has 1 aromatic heterocycles. The second-order valence-electron chi connectivity index (χ2n) is 8.56. The first kappa shape index (κ1) is 21.5. The predicted octanol–water partition coefficient (Wildman–Crippen LogP) is 4.85. The number of carbonyl (C=O) groups is 2. The Bertz CT molecular complexity index is 1420. The van der Waals surface area contributed by atoms with Crippen LogP contribution in [0.4, 0.5) is 0 Å². The lowest BCUT2D eigenvalue weighted by atomic mass is 9.95. The Labute approximate surface area is 196 Å². The minimum atomic E-state index is -0.757. The zero-order valence-electron chi connectivity index (χ0n) is 18.7. The molecular formula is C28H24N2O4. The van der Waals surface area contributed by atoms with Crippen LogP contribution in [0.25, 0.3) is 16.7 Å². The lowest BCUT2D eigenvalue weighted by molar-refractivity contribution is -0.139. The number of H-pyrrole nitrogens is 1. The summed E-state index contributed by atoms with van der Waals surface area (Å²) in [7, 11) is 0. The predicted molar refractivity (Wildman–Crippen MR) is 130 cm³/mol. The molecule has 6 nitrogen and oxygen atoms in total. The van der Waals surface area contributed by atoms with E-state index in [1.807, 2.05) is 49.5 Å². The largest absolute Gasteiger partial charge is 0.508 e. The van der Waals surface area contributed by atoms with Crippen LogP contribution >= 0.6 is 0 Å². The average Bonchev–Trinajstić information content (AvgIpc) is 3.37. The summed E-state index contributed by atoms with van der Waals surface area (Å²) in [5.41, 5.74) is 4.24. The number of aromatic nitrogens is 1. The fourth-order valence-electron chi connectivity index (χ4n) is 4.56. The van der Waals surface area contributed by atoms with Crippen molar-refractivity contribution in [3.63, 3.8) is 0 Å². The van der Waals surface area contributed by atoms with Crippen molar-refractivity contribution in [3.05, 3.63) is 107 Å². The summed E-state index contributed by atoms with van der Waals surface area (Å²) in [5.74, 6) is -1.48. The molecule has 0 unspecified atom stereocenters. The van der Waals surface area contributed by atoms with Crippen LogP contribution in [0.5, 0.6) is 5.75 Å². The van der Waals surface area contributed by atoms with Crippen molar-refractivity contribution in [2.45, 2.75) is 19.4 Å². The topological polar surface area (TPSA) is 93.6 Å². The van der Waals surface area contributed by atoms with Crippen molar-refractivity contribution in [1.82, 2.24) is 9.88 Å². The standard InChI is InChI=1S/C28H24N2O4/c1-17-6-8-19(9-7-17)26(32)24-25(18-10-12-21(31)13-11-18)30(28(34)27(24)33)15-14-20-16-29-23-5-3-2-4-22(20)23/h2-13,16,25,29,31-32H,14-15H2,1H3/t25-/m0/s1. The number of nitrogens with zero attached hydrogens (tertiary/aromatic N) is 1. The van der Waals surface area contributed by atoms with Gasteiger partial charge in [-0.15, -0.1) is 0 Å². The highest BCUT2D eigenvalue weighted by atomic mass is 16.3. The molecule has 6 heteroatoms. The van der Waals surface area contributed by atoms with Gasteiger partial charge >= 0.3 is 0 Å². The second kappa shape index (κ2) is 8.56. The first-order chi connectivity index (χ1) is 16.4. The molecule has 170 valence electrons. The number of hydrogen-bond donors (Lipinski definition) is 3. The minimum Gasteiger partial charge on any atom is -0.508 e. The van der Waals surface area contributed by atoms with Crippen molar-refractivity contribution in [3.8, 4) is 5.75 Å². The van der Waals surface area contributed by atoms with E-state index < -0.39 is 17.7 Å². The Kier molecular flexibility index (Phi) is 5.42. The molecule has 1 atom stereocenters. The molecule has 34 heavy (non-hydrogen) atoms. The number of benzene rings is 3. The molecule has 3 N–H and O–H groups in total. The van der Waals surface area contributed by atoms with Crippen LogP contribution in [0.2, 0.25) is 0 Å². The molecule has 4 aromatic rings. The van der Waals surface area contributed by atoms with E-state index >= 15 is 0 Å². The lowest BCUT2D eigenvalue weighted by Gasteiger charge is -2.25. The Morgan fingerprint density at radius 1 is 0.971 bits per heavy atom. The van der Waals surface area contributed by atoms with Crippen LogP contribution < -0.4 is 0 Å². The second-order valence-corrected chi connectivity index (χ2v) is 8.56. The number of nitrogens with one attached hydrogen (secondary N) is 1. The summed E-state index contributed by atoms with van der Waals surface area (Å²) in [6.07, 6.45) is 2.46. The number of fused-ring (bicyclic) bond motifs is 1. The molecule has 0 radical (unpaired) electrons. The molecule has 1 aliphatic heterocycles. The number of amides is 1. The normalized spacial score (nSPS) is 17.6. The van der Waals surface area contributed by atoms with Crippen molar-refractivity contribution in [2.24, 2.45) is 0 Å². The summed E-state index contributed by atoms with van der Waals surface area (Å²) in [5, 5.41) is 22.0. The van der Waals surface area contributed by atoms with Crippen molar-refractivity contribution >= 4 is 28.4 Å². The third-order valence-electron chi connectivity index (χ3n) is 6.37. The lowest BCUT2D eigenvalue weighted by Crippen LogP contribution is -2.31. The number of phenolic OH excluding ortho intramolecular Hbond substituents is 1. The zero-order chi connectivity index (χ0) is 23.8. The van der Waals surface area contributed by atoms with E-state index in [4.69, 9.17) is 0 Å². The van der Waals surface area contributed by atoms with Crippen LogP contribution in [0.3, 0.4) is 0 Å². The number of para-hydroxylation sites is 1. The van der Waals surface area contributed by atoms with E-state index in [0.717, 1.165) is 22.0 Å². The van der Waals surface area contributed by atoms with Gasteiger partial charge in [0.25, 0.3) is 11.7 Å². The number of aromatic amines is 1. The third-order valence-corrected chi connectivity index (χ3v) is 6.37. The highest BCUT2D eigenvalue weighted by Crippen LogP contribution is 2.40. The molecule has 1 fully saturated rings. The van der Waals surface area contributed by atoms with E-state index in [1.165, 1.54) is 17.0 Å². The number of phenols is 1. The van der Waals surface area contributed by atoms with Crippen molar-refractivity contribution < 1.29 is 19.8 Å². The first-order valence-electron chi connectivity index (χ1n) is 11.1. The number of likely N-dealkylation sites (tertiary alicyclic amines) is 1. The number of aliphatic hydroxyl groups is 1. The maximum atomic E-state index is 13.2. The van der Waals surface area contributed by atoms with Crippen LogP contribution in [-0.2, 0) is 16.0 Å². The van der Waals surface area contributed by atoms with Crippen LogP contribution in [-0.4, -0.2) is 38.3 Å². The SMILES string of the molecule is Cc1ccc(C(O)=C2C(=O)C(=O)N(CCc3c[nH]c4ccccc34)[C@H]2c2ccc(O)cc2)cc1. The van der Waals surface area contributed by atoms with Crippen molar-refractivity contribution in [1.29, 1.82) is 0 Å². The number of carbonyl (C=O) groups excluding carboxylic acids is 2. The number of aliphatic hydroxyl groups excluding tert-OH is 1. The van der Waals surface area contributed by atoms with E-state index in [-0.39, 0.29) is 17.1 Å². The highest BCUT2D eigenvalue weighted by molar-refractivity contribution is 6.46. The highest BCUT2D eigenvalue weighted by Gasteiger charge is 2.45. The summed E-state index contributed by atoms with van der Waals surface area (Å²) in [4.78, 5) is 31.1. The van der Waals surface area contributed by atoms with Gasteiger partial charge in [0.05, 0.1) is 11.6 Å². The van der Waals surface area contributed by atoms with Gasteiger partial charge in [-0.05, 0) is 42.7 Å². The molecule has 1 amide bonds. The maximum absolute atomic E-state index is 13.2. The Balaban J connectivity index is 1.56. The van der Waals surface area contributed by atoms with Gasteiger partial charge < -0.3 is 20.1 Å². The zero-order valence-corrected chi connectivity index (χ0v) is 18.7. The average molecular weight is 453 g/mol. The van der Waals surface area contributed by atoms with Gasteiger partial charge in [0.15, 0.2) is 0 Å². The molecular weight excluding hydrogens is 428 g/mol. The fraction of sp³-hybridized carbons (Fsp3) is 0.143. The number of aryl methyl sites for hydroxylation is 1. The number of hydrogen-bond acceptors (Lipinski definition) is 4. The number of rotatable bonds is 5. The molecule has 1 aliphatic rings.